The van der Waals surface area contributed by atoms with Crippen molar-refractivity contribution in [2.45, 2.75) is 53.1 Å². The van der Waals surface area contributed by atoms with Crippen molar-refractivity contribution in [2.24, 2.45) is 11.3 Å². The van der Waals surface area contributed by atoms with E-state index in [0.717, 1.165) is 24.2 Å². The summed E-state index contributed by atoms with van der Waals surface area (Å²) in [4.78, 5) is 26.2. The number of hydrogen-bond acceptors (Lipinski definition) is 3. The Kier molecular flexibility index (Phi) is 6.22. The smallest absolute Gasteiger partial charge is 0.227 e. The first kappa shape index (κ1) is 19.4. The second-order valence-corrected chi connectivity index (χ2v) is 8.29. The van der Waals surface area contributed by atoms with Crippen LogP contribution < -0.4 is 5.32 Å². The molecule has 5 nitrogen and oxygen atoms in total. The summed E-state index contributed by atoms with van der Waals surface area (Å²) >= 11 is 0. The average Bonchev–Trinajstić information content (AvgIpc) is 2.97. The highest BCUT2D eigenvalue weighted by Gasteiger charge is 2.28. The Hall–Kier alpha value is -1.88. The molecular formula is C20H30N2O3. The van der Waals surface area contributed by atoms with Gasteiger partial charge in [0.15, 0.2) is 0 Å². The minimum absolute atomic E-state index is 0.00226. The highest BCUT2D eigenvalue weighted by Crippen LogP contribution is 2.22. The van der Waals surface area contributed by atoms with Crippen molar-refractivity contribution < 1.29 is 14.7 Å². The normalized spacial score (nSPS) is 18.9. The van der Waals surface area contributed by atoms with Crippen molar-refractivity contribution in [3.8, 4) is 0 Å². The molecule has 0 aromatic heterocycles. The second kappa shape index (κ2) is 8.00. The van der Waals surface area contributed by atoms with E-state index < -0.39 is 0 Å². The van der Waals surface area contributed by atoms with Crippen molar-refractivity contribution in [3.05, 3.63) is 29.8 Å². The van der Waals surface area contributed by atoms with Gasteiger partial charge in [0.05, 0.1) is 12.5 Å². The fourth-order valence-corrected chi connectivity index (χ4v) is 3.09. The van der Waals surface area contributed by atoms with Crippen LogP contribution in [0.25, 0.3) is 0 Å². The number of aliphatic hydroxyl groups is 1. The first-order valence-corrected chi connectivity index (χ1v) is 8.99. The topological polar surface area (TPSA) is 69.6 Å². The number of nitrogens with one attached hydrogen (secondary N) is 1. The Balaban J connectivity index is 1.86. The van der Waals surface area contributed by atoms with Gasteiger partial charge in [-0.15, -0.1) is 0 Å². The summed E-state index contributed by atoms with van der Waals surface area (Å²) in [5.41, 5.74) is 1.64. The third-order valence-corrected chi connectivity index (χ3v) is 4.54. The number of rotatable bonds is 5. The van der Waals surface area contributed by atoms with E-state index in [2.05, 4.69) is 5.32 Å². The quantitative estimate of drug-likeness (QED) is 0.861. The van der Waals surface area contributed by atoms with Crippen molar-refractivity contribution in [3.63, 3.8) is 0 Å². The van der Waals surface area contributed by atoms with Gasteiger partial charge in [-0.25, -0.2) is 0 Å². The molecule has 138 valence electrons. The molecule has 2 rings (SSSR count). The first-order valence-electron chi connectivity index (χ1n) is 8.99. The van der Waals surface area contributed by atoms with Crippen LogP contribution in [0.4, 0.5) is 5.69 Å². The molecule has 1 aliphatic rings. The molecule has 0 saturated carbocycles. The molecule has 1 aromatic carbocycles. The maximum absolute atomic E-state index is 12.4. The number of carbonyl (C=O) groups excluding carboxylic acids is 2. The predicted octanol–water partition coefficient (Wildman–Crippen LogP) is 2.83. The number of benzene rings is 1. The lowest BCUT2D eigenvalue weighted by Gasteiger charge is -2.18. The van der Waals surface area contributed by atoms with Crippen molar-refractivity contribution in [1.82, 2.24) is 4.90 Å². The Morgan fingerprint density at radius 3 is 2.44 bits per heavy atom. The van der Waals surface area contributed by atoms with E-state index in [1.54, 1.807) is 6.92 Å². The number of carbonyl (C=O) groups is 2. The molecule has 2 unspecified atom stereocenters. The van der Waals surface area contributed by atoms with Gasteiger partial charge in [0.2, 0.25) is 11.8 Å². The molecule has 1 fully saturated rings. The molecule has 25 heavy (non-hydrogen) atoms. The lowest BCUT2D eigenvalue weighted by atomic mass is 9.92. The van der Waals surface area contributed by atoms with Crippen LogP contribution in [0.1, 0.15) is 46.1 Å². The molecule has 0 bridgehead atoms. The Labute approximate surface area is 150 Å². The number of aliphatic hydroxyl groups excluding tert-OH is 1. The molecule has 1 aliphatic heterocycles. The van der Waals surface area contributed by atoms with Crippen LogP contribution in [0.3, 0.4) is 0 Å². The lowest BCUT2D eigenvalue weighted by Crippen LogP contribution is -2.31. The van der Waals surface area contributed by atoms with Gasteiger partial charge in [0, 0.05) is 31.1 Å². The third-order valence-electron chi connectivity index (χ3n) is 4.54. The highest BCUT2D eigenvalue weighted by atomic mass is 16.3. The van der Waals surface area contributed by atoms with Crippen LogP contribution in [0.5, 0.6) is 0 Å². The summed E-state index contributed by atoms with van der Waals surface area (Å²) in [6, 6.07) is 7.44. The zero-order valence-corrected chi connectivity index (χ0v) is 15.7. The van der Waals surface area contributed by atoms with Gasteiger partial charge in [-0.2, -0.15) is 0 Å². The number of hydrogen-bond donors (Lipinski definition) is 2. The van der Waals surface area contributed by atoms with Gasteiger partial charge in [-0.1, -0.05) is 32.9 Å². The molecule has 0 radical (unpaired) electrons. The molecule has 1 saturated heterocycles. The molecule has 1 aromatic rings. The molecular weight excluding hydrogens is 316 g/mol. The highest BCUT2D eigenvalue weighted by molar-refractivity contribution is 5.91. The third kappa shape index (κ3) is 6.16. The predicted molar refractivity (Wildman–Crippen MR) is 99.2 cm³/mol. The molecule has 2 amide bonds. The standard InChI is InChI=1S/C20H30N2O3/c1-14(23)16-9-10-22(13-16)19(25)11-15-5-7-17(8-6-15)21-18(24)12-20(2,3)4/h5-8,14,16,23H,9-13H2,1-4H3,(H,21,24). The van der Waals surface area contributed by atoms with Gasteiger partial charge in [0.1, 0.15) is 0 Å². The van der Waals surface area contributed by atoms with Crippen molar-refractivity contribution in [2.75, 3.05) is 18.4 Å². The van der Waals surface area contributed by atoms with Gasteiger partial charge >= 0.3 is 0 Å². The second-order valence-electron chi connectivity index (χ2n) is 8.29. The van der Waals surface area contributed by atoms with Crippen LogP contribution in [0.15, 0.2) is 24.3 Å². The summed E-state index contributed by atoms with van der Waals surface area (Å²) < 4.78 is 0. The monoisotopic (exact) mass is 346 g/mol. The van der Waals surface area contributed by atoms with Crippen LogP contribution in [-0.4, -0.2) is 41.0 Å². The fourth-order valence-electron chi connectivity index (χ4n) is 3.09. The molecule has 1 heterocycles. The molecule has 5 heteroatoms. The zero-order valence-electron chi connectivity index (χ0n) is 15.7. The van der Waals surface area contributed by atoms with E-state index in [1.165, 1.54) is 0 Å². The SMILES string of the molecule is CC(O)C1CCN(C(=O)Cc2ccc(NC(=O)CC(C)(C)C)cc2)C1. The molecule has 0 spiro atoms. The first-order chi connectivity index (χ1) is 11.6. The van der Waals surface area contributed by atoms with Crippen LogP contribution in [0, 0.1) is 11.3 Å². The molecule has 2 N–H and O–H groups in total. The van der Waals surface area contributed by atoms with E-state index in [1.807, 2.05) is 49.9 Å². The Morgan fingerprint density at radius 1 is 1.28 bits per heavy atom. The number of amides is 2. The minimum atomic E-state index is -0.367. The maximum Gasteiger partial charge on any atom is 0.227 e. The summed E-state index contributed by atoms with van der Waals surface area (Å²) in [5.74, 6) is 0.273. The summed E-state index contributed by atoms with van der Waals surface area (Å²) in [6.45, 7) is 9.23. The van der Waals surface area contributed by atoms with E-state index in [0.29, 0.717) is 19.4 Å². The summed E-state index contributed by atoms with van der Waals surface area (Å²) in [7, 11) is 0. The molecule has 2 atom stereocenters. The van der Waals surface area contributed by atoms with Gasteiger partial charge in [-0.3, -0.25) is 9.59 Å². The maximum atomic E-state index is 12.4. The Morgan fingerprint density at radius 2 is 1.92 bits per heavy atom. The molecule has 0 aliphatic carbocycles. The van der Waals surface area contributed by atoms with E-state index in [9.17, 15) is 14.7 Å². The summed E-state index contributed by atoms with van der Waals surface area (Å²) in [5, 5.41) is 12.5. The van der Waals surface area contributed by atoms with Crippen molar-refractivity contribution in [1.29, 1.82) is 0 Å². The van der Waals surface area contributed by atoms with E-state index in [-0.39, 0.29) is 29.3 Å². The number of anilines is 1. The van der Waals surface area contributed by atoms with Crippen LogP contribution in [0.2, 0.25) is 0 Å². The van der Waals surface area contributed by atoms with Crippen LogP contribution in [-0.2, 0) is 16.0 Å². The van der Waals surface area contributed by atoms with Gasteiger partial charge in [-0.05, 0) is 36.5 Å². The number of nitrogens with zero attached hydrogens (tertiary/aromatic N) is 1. The zero-order chi connectivity index (χ0) is 18.6. The van der Waals surface area contributed by atoms with Gasteiger partial charge < -0.3 is 15.3 Å². The van der Waals surface area contributed by atoms with Crippen LogP contribution >= 0.6 is 0 Å². The fraction of sp³-hybridized carbons (Fsp3) is 0.600. The summed E-state index contributed by atoms with van der Waals surface area (Å²) in [6.07, 6.45) is 1.31. The van der Waals surface area contributed by atoms with Gasteiger partial charge in [0.25, 0.3) is 0 Å². The minimum Gasteiger partial charge on any atom is -0.393 e. The van der Waals surface area contributed by atoms with E-state index >= 15 is 0 Å². The average molecular weight is 346 g/mol. The van der Waals surface area contributed by atoms with Crippen molar-refractivity contribution >= 4 is 17.5 Å². The van der Waals surface area contributed by atoms with E-state index in [4.69, 9.17) is 0 Å². The Bertz CT molecular complexity index is 602. The number of likely N-dealkylation sites (tertiary alicyclic amines) is 1. The largest absolute Gasteiger partial charge is 0.393 e. The lowest BCUT2D eigenvalue weighted by molar-refractivity contribution is -0.129.